The van der Waals surface area contributed by atoms with Gasteiger partial charge in [0.05, 0.1) is 6.61 Å². The number of carbonyl (C=O) groups is 2. The van der Waals surface area contributed by atoms with Crippen LogP contribution < -0.4 is 5.32 Å². The van der Waals surface area contributed by atoms with Crippen LogP contribution in [0.4, 0.5) is 0 Å². The van der Waals surface area contributed by atoms with Gasteiger partial charge in [-0.2, -0.15) is 0 Å². The highest BCUT2D eigenvalue weighted by molar-refractivity contribution is 6.30. The highest BCUT2D eigenvalue weighted by atomic mass is 35.5. The van der Waals surface area contributed by atoms with Gasteiger partial charge in [-0.25, -0.2) is 0 Å². The number of aliphatic hydroxyl groups is 1. The maximum Gasteiger partial charge on any atom is 0.242 e. The Kier molecular flexibility index (Phi) is 5.85. The number of likely N-dealkylation sites (tertiary alicyclic amines) is 2. The summed E-state index contributed by atoms with van der Waals surface area (Å²) < 4.78 is 0. The van der Waals surface area contributed by atoms with Crippen LogP contribution >= 0.6 is 11.6 Å². The Bertz CT molecular complexity index is 652. The van der Waals surface area contributed by atoms with E-state index in [9.17, 15) is 14.7 Å². The smallest absolute Gasteiger partial charge is 0.242 e. The van der Waals surface area contributed by atoms with Crippen LogP contribution in [-0.4, -0.2) is 66.1 Å². The van der Waals surface area contributed by atoms with Gasteiger partial charge in [-0.15, -0.1) is 0 Å². The Morgan fingerprint density at radius 1 is 1.31 bits per heavy atom. The summed E-state index contributed by atoms with van der Waals surface area (Å²) in [5.74, 6) is 0.121. The van der Waals surface area contributed by atoms with Crippen molar-refractivity contribution in [2.45, 2.75) is 31.8 Å². The van der Waals surface area contributed by atoms with Crippen molar-refractivity contribution < 1.29 is 14.7 Å². The van der Waals surface area contributed by atoms with E-state index in [-0.39, 0.29) is 23.8 Å². The Labute approximate surface area is 159 Å². The lowest BCUT2D eigenvalue weighted by molar-refractivity contribution is -0.136. The zero-order chi connectivity index (χ0) is 18.7. The molecule has 0 saturated carbocycles. The lowest BCUT2D eigenvalue weighted by Crippen LogP contribution is -2.51. The van der Waals surface area contributed by atoms with Gasteiger partial charge in [-0.3, -0.25) is 9.59 Å². The zero-order valence-electron chi connectivity index (χ0n) is 15.1. The van der Waals surface area contributed by atoms with Crippen molar-refractivity contribution in [2.75, 3.05) is 33.3 Å². The van der Waals surface area contributed by atoms with Gasteiger partial charge in [0.2, 0.25) is 11.8 Å². The second-order valence-electron chi connectivity index (χ2n) is 7.40. The number of aliphatic hydroxyl groups excluding tert-OH is 1. The van der Waals surface area contributed by atoms with E-state index in [1.165, 1.54) is 0 Å². The Morgan fingerprint density at radius 2 is 1.96 bits per heavy atom. The lowest BCUT2D eigenvalue weighted by Gasteiger charge is -2.39. The Morgan fingerprint density at radius 3 is 2.54 bits per heavy atom. The molecule has 2 N–H and O–H groups in total. The fourth-order valence-electron chi connectivity index (χ4n) is 3.99. The van der Waals surface area contributed by atoms with Gasteiger partial charge in [-0.1, -0.05) is 23.7 Å². The molecule has 142 valence electrons. The minimum Gasteiger partial charge on any atom is -0.394 e. The maximum atomic E-state index is 12.5. The Hall–Kier alpha value is -1.63. The molecule has 1 unspecified atom stereocenters. The van der Waals surface area contributed by atoms with Crippen LogP contribution in [0.5, 0.6) is 0 Å². The molecule has 26 heavy (non-hydrogen) atoms. The van der Waals surface area contributed by atoms with Crippen molar-refractivity contribution in [1.82, 2.24) is 15.1 Å². The number of halogens is 1. The van der Waals surface area contributed by atoms with E-state index in [0.29, 0.717) is 31.1 Å². The number of hydrogen-bond donors (Lipinski definition) is 2. The largest absolute Gasteiger partial charge is 0.394 e. The number of benzene rings is 1. The molecule has 1 spiro atoms. The number of amides is 2. The van der Waals surface area contributed by atoms with Gasteiger partial charge in [0.1, 0.15) is 6.04 Å². The van der Waals surface area contributed by atoms with Crippen molar-refractivity contribution in [1.29, 1.82) is 0 Å². The molecule has 6 nitrogen and oxygen atoms in total. The van der Waals surface area contributed by atoms with Crippen LogP contribution in [0.1, 0.15) is 24.8 Å². The number of piperidine rings is 1. The summed E-state index contributed by atoms with van der Waals surface area (Å²) in [6, 6.07) is 7.05. The summed E-state index contributed by atoms with van der Waals surface area (Å²) >= 11 is 5.92. The van der Waals surface area contributed by atoms with Gasteiger partial charge in [0.25, 0.3) is 0 Å². The van der Waals surface area contributed by atoms with Crippen molar-refractivity contribution in [3.05, 3.63) is 34.9 Å². The first kappa shape index (κ1) is 19.1. The number of hydrogen-bond acceptors (Lipinski definition) is 4. The van der Waals surface area contributed by atoms with E-state index in [1.807, 2.05) is 29.2 Å². The summed E-state index contributed by atoms with van der Waals surface area (Å²) in [5.41, 5.74) is 1.04. The fraction of sp³-hybridized carbons (Fsp3) is 0.579. The number of nitrogens with zero attached hydrogens (tertiary/aromatic N) is 2. The summed E-state index contributed by atoms with van der Waals surface area (Å²) in [6.07, 6.45) is 2.20. The van der Waals surface area contributed by atoms with E-state index in [1.54, 1.807) is 11.9 Å². The molecule has 2 fully saturated rings. The summed E-state index contributed by atoms with van der Waals surface area (Å²) in [5, 5.41) is 12.8. The van der Waals surface area contributed by atoms with Crippen LogP contribution in [0.25, 0.3) is 0 Å². The van der Waals surface area contributed by atoms with E-state index in [0.717, 1.165) is 24.9 Å². The monoisotopic (exact) mass is 379 g/mol. The molecule has 0 aromatic heterocycles. The predicted molar refractivity (Wildman–Crippen MR) is 99.7 cm³/mol. The first-order valence-corrected chi connectivity index (χ1v) is 9.43. The summed E-state index contributed by atoms with van der Waals surface area (Å²) in [6.45, 7) is 2.42. The van der Waals surface area contributed by atoms with Crippen LogP contribution in [-0.2, 0) is 16.1 Å². The highest BCUT2D eigenvalue weighted by Gasteiger charge is 2.45. The van der Waals surface area contributed by atoms with E-state index in [4.69, 9.17) is 11.6 Å². The summed E-state index contributed by atoms with van der Waals surface area (Å²) in [7, 11) is 1.68. The lowest BCUT2D eigenvalue weighted by atomic mass is 9.77. The van der Waals surface area contributed by atoms with Crippen LogP contribution in [0.15, 0.2) is 24.3 Å². The molecule has 0 bridgehead atoms. The predicted octanol–water partition coefficient (Wildman–Crippen LogP) is 1.26. The quantitative estimate of drug-likeness (QED) is 0.808. The SMILES string of the molecule is CNC(CO)C(=O)N1CCC2(CC1)CC(=O)N(Cc1ccc(Cl)cc1)C2. The third-order valence-corrected chi connectivity index (χ3v) is 5.91. The summed E-state index contributed by atoms with van der Waals surface area (Å²) in [4.78, 5) is 28.6. The molecule has 7 heteroatoms. The van der Waals surface area contributed by atoms with Crippen LogP contribution in [0, 0.1) is 5.41 Å². The van der Waals surface area contributed by atoms with Crippen LogP contribution in [0.2, 0.25) is 5.02 Å². The first-order valence-electron chi connectivity index (χ1n) is 9.05. The van der Waals surface area contributed by atoms with E-state index >= 15 is 0 Å². The molecule has 1 aromatic carbocycles. The number of nitrogens with one attached hydrogen (secondary N) is 1. The number of rotatable bonds is 5. The second kappa shape index (κ2) is 7.94. The normalized spacial score (nSPS) is 20.7. The minimum atomic E-state index is -0.546. The van der Waals surface area contributed by atoms with Crippen molar-refractivity contribution in [3.8, 4) is 0 Å². The van der Waals surface area contributed by atoms with Crippen molar-refractivity contribution in [2.24, 2.45) is 5.41 Å². The molecule has 2 aliphatic rings. The number of likely N-dealkylation sites (N-methyl/N-ethyl adjacent to an activating group) is 1. The van der Waals surface area contributed by atoms with Gasteiger partial charge >= 0.3 is 0 Å². The maximum absolute atomic E-state index is 12.5. The van der Waals surface area contributed by atoms with Gasteiger partial charge < -0.3 is 20.2 Å². The van der Waals surface area contributed by atoms with Gasteiger partial charge in [-0.05, 0) is 37.6 Å². The molecule has 3 rings (SSSR count). The third-order valence-electron chi connectivity index (χ3n) is 5.66. The molecule has 0 aliphatic carbocycles. The standard InChI is InChI=1S/C19H26ClN3O3/c1-21-16(12-24)18(26)22-8-6-19(7-9-22)10-17(25)23(13-19)11-14-2-4-15(20)5-3-14/h2-5,16,21,24H,6-13H2,1H3. The molecule has 1 aromatic rings. The second-order valence-corrected chi connectivity index (χ2v) is 7.84. The average molecular weight is 380 g/mol. The molecular weight excluding hydrogens is 354 g/mol. The third kappa shape index (κ3) is 4.03. The topological polar surface area (TPSA) is 72.9 Å². The van der Waals surface area contributed by atoms with Gasteiger partial charge in [0.15, 0.2) is 0 Å². The Balaban J connectivity index is 1.58. The first-order chi connectivity index (χ1) is 12.5. The molecule has 2 amide bonds. The molecular formula is C19H26ClN3O3. The highest BCUT2D eigenvalue weighted by Crippen LogP contribution is 2.41. The molecule has 2 heterocycles. The molecule has 1 atom stereocenters. The molecule has 0 radical (unpaired) electrons. The fourth-order valence-corrected chi connectivity index (χ4v) is 4.11. The van der Waals surface area contributed by atoms with Gasteiger partial charge in [0, 0.05) is 43.0 Å². The average Bonchev–Trinajstić information content (AvgIpc) is 2.93. The van der Waals surface area contributed by atoms with Crippen molar-refractivity contribution in [3.63, 3.8) is 0 Å². The molecule has 2 saturated heterocycles. The van der Waals surface area contributed by atoms with Crippen LogP contribution in [0.3, 0.4) is 0 Å². The molecule has 2 aliphatic heterocycles. The number of carbonyl (C=O) groups excluding carboxylic acids is 2. The van der Waals surface area contributed by atoms with Crippen molar-refractivity contribution >= 4 is 23.4 Å². The van der Waals surface area contributed by atoms with E-state index in [2.05, 4.69) is 5.32 Å². The zero-order valence-corrected chi connectivity index (χ0v) is 15.8. The minimum absolute atomic E-state index is 0.0331. The van der Waals surface area contributed by atoms with E-state index < -0.39 is 6.04 Å².